The maximum Gasteiger partial charge on any atom is 0.188 e. The van der Waals surface area contributed by atoms with Crippen molar-refractivity contribution in [3.8, 4) is 23.0 Å². The number of aromatic nitrogens is 3. The third-order valence-corrected chi connectivity index (χ3v) is 4.62. The van der Waals surface area contributed by atoms with Gasteiger partial charge >= 0.3 is 0 Å². The Bertz CT molecular complexity index is 953. The highest BCUT2D eigenvalue weighted by Crippen LogP contribution is 2.28. The predicted octanol–water partition coefficient (Wildman–Crippen LogP) is 3.55. The van der Waals surface area contributed by atoms with Crippen LogP contribution in [0.2, 0.25) is 0 Å². The SMILES string of the molecule is Oc1ccccc1OCc1nc(COc2ccccc2O)n(C2CCCCO2)n1. The molecule has 1 unspecified atom stereocenters. The van der Waals surface area contributed by atoms with Crippen molar-refractivity contribution in [2.24, 2.45) is 0 Å². The van der Waals surface area contributed by atoms with E-state index in [4.69, 9.17) is 14.2 Å². The molecule has 8 nitrogen and oxygen atoms in total. The third kappa shape index (κ3) is 4.60. The Labute approximate surface area is 168 Å². The van der Waals surface area contributed by atoms with Crippen molar-refractivity contribution in [2.75, 3.05) is 6.61 Å². The van der Waals surface area contributed by atoms with Gasteiger partial charge in [0.2, 0.25) is 0 Å². The first-order valence-corrected chi connectivity index (χ1v) is 9.58. The van der Waals surface area contributed by atoms with E-state index in [1.165, 1.54) is 0 Å². The number of hydrogen-bond donors (Lipinski definition) is 2. The summed E-state index contributed by atoms with van der Waals surface area (Å²) in [7, 11) is 0. The molecule has 0 bridgehead atoms. The van der Waals surface area contributed by atoms with Gasteiger partial charge in [0.1, 0.15) is 13.2 Å². The quantitative estimate of drug-likeness (QED) is 0.629. The van der Waals surface area contributed by atoms with Crippen LogP contribution in [0.15, 0.2) is 48.5 Å². The van der Waals surface area contributed by atoms with Gasteiger partial charge in [0.15, 0.2) is 40.9 Å². The topological polar surface area (TPSA) is 98.9 Å². The molecular weight excluding hydrogens is 374 g/mol. The maximum atomic E-state index is 9.91. The van der Waals surface area contributed by atoms with Crippen LogP contribution < -0.4 is 9.47 Å². The Kier molecular flexibility index (Phi) is 5.81. The van der Waals surface area contributed by atoms with Gasteiger partial charge in [-0.3, -0.25) is 0 Å². The van der Waals surface area contributed by atoms with E-state index >= 15 is 0 Å². The highest BCUT2D eigenvalue weighted by molar-refractivity contribution is 5.38. The van der Waals surface area contributed by atoms with E-state index in [1.807, 2.05) is 0 Å². The van der Waals surface area contributed by atoms with E-state index in [0.717, 1.165) is 19.3 Å². The minimum absolute atomic E-state index is 0.0608. The molecule has 0 saturated carbocycles. The minimum Gasteiger partial charge on any atom is -0.504 e. The van der Waals surface area contributed by atoms with Gasteiger partial charge in [-0.1, -0.05) is 24.3 Å². The number of para-hydroxylation sites is 4. The number of rotatable bonds is 7. The molecule has 2 heterocycles. The molecule has 8 heteroatoms. The van der Waals surface area contributed by atoms with Gasteiger partial charge in [0.05, 0.1) is 0 Å². The van der Waals surface area contributed by atoms with E-state index in [-0.39, 0.29) is 30.9 Å². The fourth-order valence-electron chi connectivity index (χ4n) is 3.15. The molecule has 0 amide bonds. The summed E-state index contributed by atoms with van der Waals surface area (Å²) in [4.78, 5) is 4.53. The van der Waals surface area contributed by atoms with Crippen LogP contribution in [0.3, 0.4) is 0 Å². The predicted molar refractivity (Wildman–Crippen MR) is 104 cm³/mol. The maximum absolute atomic E-state index is 9.91. The minimum atomic E-state index is -0.210. The molecule has 1 aliphatic heterocycles. The molecule has 1 atom stereocenters. The molecule has 2 N–H and O–H groups in total. The van der Waals surface area contributed by atoms with E-state index in [2.05, 4.69) is 10.1 Å². The van der Waals surface area contributed by atoms with Crippen molar-refractivity contribution >= 4 is 0 Å². The molecule has 29 heavy (non-hydrogen) atoms. The van der Waals surface area contributed by atoms with E-state index in [1.54, 1.807) is 53.2 Å². The van der Waals surface area contributed by atoms with E-state index < -0.39 is 0 Å². The Balaban J connectivity index is 1.51. The van der Waals surface area contributed by atoms with Crippen LogP contribution in [-0.2, 0) is 18.0 Å². The number of benzene rings is 2. The number of phenolic OH excluding ortho intramolecular Hbond substituents is 2. The summed E-state index contributed by atoms with van der Waals surface area (Å²) in [5.41, 5.74) is 0. The lowest BCUT2D eigenvalue weighted by atomic mass is 10.2. The van der Waals surface area contributed by atoms with Gasteiger partial charge in [-0.15, -0.1) is 5.10 Å². The molecule has 2 aromatic carbocycles. The largest absolute Gasteiger partial charge is 0.504 e. The lowest BCUT2D eigenvalue weighted by Crippen LogP contribution is -2.22. The van der Waals surface area contributed by atoms with E-state index in [9.17, 15) is 10.2 Å². The number of ether oxygens (including phenoxy) is 3. The van der Waals surface area contributed by atoms with Gasteiger partial charge in [-0.05, 0) is 43.5 Å². The molecule has 1 aromatic heterocycles. The molecule has 0 radical (unpaired) electrons. The van der Waals surface area contributed by atoms with Crippen molar-refractivity contribution in [3.05, 3.63) is 60.2 Å². The average molecular weight is 397 g/mol. The van der Waals surface area contributed by atoms with Gasteiger partial charge in [-0.2, -0.15) is 0 Å². The number of phenols is 2. The molecule has 1 aliphatic rings. The van der Waals surface area contributed by atoms with E-state index in [0.29, 0.717) is 29.8 Å². The van der Waals surface area contributed by atoms with Crippen LogP contribution in [0.4, 0.5) is 0 Å². The highest BCUT2D eigenvalue weighted by Gasteiger charge is 2.22. The van der Waals surface area contributed by atoms with Gasteiger partial charge in [-0.25, -0.2) is 9.67 Å². The number of aromatic hydroxyl groups is 2. The van der Waals surface area contributed by atoms with Crippen LogP contribution in [0.25, 0.3) is 0 Å². The zero-order valence-corrected chi connectivity index (χ0v) is 15.9. The molecule has 0 aliphatic carbocycles. The fourth-order valence-corrected chi connectivity index (χ4v) is 3.15. The first kappa shape index (κ1) is 19.1. The summed E-state index contributed by atoms with van der Waals surface area (Å²) in [6, 6.07) is 13.5. The molecule has 3 aromatic rings. The van der Waals surface area contributed by atoms with Gasteiger partial charge in [0.25, 0.3) is 0 Å². The summed E-state index contributed by atoms with van der Waals surface area (Å²) in [5, 5.41) is 24.3. The second kappa shape index (κ2) is 8.83. The summed E-state index contributed by atoms with van der Waals surface area (Å²) < 4.78 is 19.0. The molecule has 1 fully saturated rings. The fraction of sp³-hybridized carbons (Fsp3) is 0.333. The van der Waals surface area contributed by atoms with Crippen molar-refractivity contribution in [2.45, 2.75) is 38.7 Å². The van der Waals surface area contributed by atoms with Crippen LogP contribution >= 0.6 is 0 Å². The van der Waals surface area contributed by atoms with Crippen molar-refractivity contribution in [1.29, 1.82) is 0 Å². The summed E-state index contributed by atoms with van der Waals surface area (Å²) in [5.74, 6) is 1.90. The Morgan fingerprint density at radius 1 is 0.931 bits per heavy atom. The molecule has 4 rings (SSSR count). The first-order valence-electron chi connectivity index (χ1n) is 9.58. The molecule has 0 spiro atoms. The zero-order chi connectivity index (χ0) is 20.1. The van der Waals surface area contributed by atoms with Crippen LogP contribution in [0.5, 0.6) is 23.0 Å². The second-order valence-electron chi connectivity index (χ2n) is 6.72. The number of hydrogen-bond acceptors (Lipinski definition) is 7. The average Bonchev–Trinajstić information content (AvgIpc) is 3.16. The van der Waals surface area contributed by atoms with Crippen molar-refractivity contribution < 1.29 is 24.4 Å². The molecule has 1 saturated heterocycles. The summed E-state index contributed by atoms with van der Waals surface area (Å²) >= 11 is 0. The Hall–Kier alpha value is -3.26. The summed E-state index contributed by atoms with van der Waals surface area (Å²) in [6.45, 7) is 0.899. The highest BCUT2D eigenvalue weighted by atomic mass is 16.5. The lowest BCUT2D eigenvalue weighted by Gasteiger charge is -2.23. The third-order valence-electron chi connectivity index (χ3n) is 4.62. The monoisotopic (exact) mass is 397 g/mol. The lowest BCUT2D eigenvalue weighted by molar-refractivity contribution is -0.0430. The zero-order valence-electron chi connectivity index (χ0n) is 15.9. The number of nitrogens with zero attached hydrogens (tertiary/aromatic N) is 3. The normalized spacial score (nSPS) is 16.5. The van der Waals surface area contributed by atoms with Gasteiger partial charge in [0, 0.05) is 6.61 Å². The van der Waals surface area contributed by atoms with Crippen molar-refractivity contribution in [1.82, 2.24) is 14.8 Å². The Morgan fingerprint density at radius 2 is 1.59 bits per heavy atom. The standard InChI is InChI=1S/C21H23N3O5/c25-15-7-1-3-9-17(15)28-13-19-22-20(14-29-18-10-4-2-8-16(18)26)24(23-19)21-11-5-6-12-27-21/h1-4,7-10,21,25-26H,5-6,11-14H2. The van der Waals surface area contributed by atoms with Crippen molar-refractivity contribution in [3.63, 3.8) is 0 Å². The smallest absolute Gasteiger partial charge is 0.188 e. The van der Waals surface area contributed by atoms with Crippen LogP contribution in [-0.4, -0.2) is 31.6 Å². The summed E-state index contributed by atoms with van der Waals surface area (Å²) in [6.07, 6.45) is 2.71. The molecular formula is C21H23N3O5. The van der Waals surface area contributed by atoms with Crippen LogP contribution in [0, 0.1) is 0 Å². The van der Waals surface area contributed by atoms with Crippen LogP contribution in [0.1, 0.15) is 37.1 Å². The second-order valence-corrected chi connectivity index (χ2v) is 6.72. The molecule has 152 valence electrons. The van der Waals surface area contributed by atoms with Gasteiger partial charge < -0.3 is 24.4 Å². The first-order chi connectivity index (χ1) is 14.2. The Morgan fingerprint density at radius 3 is 2.21 bits per heavy atom.